The van der Waals surface area contributed by atoms with Crippen molar-refractivity contribution in [2.45, 2.75) is 0 Å². The molecular weight excluding hydrogens is 250 g/mol. The molecule has 3 rings (SSSR count). The number of hydrogen-bond donors (Lipinski definition) is 2. The molecule has 0 aliphatic rings. The summed E-state index contributed by atoms with van der Waals surface area (Å²) >= 11 is 0. The monoisotopic (exact) mass is 263 g/mol. The van der Waals surface area contributed by atoms with E-state index in [0.717, 1.165) is 5.39 Å². The van der Waals surface area contributed by atoms with Gasteiger partial charge in [-0.1, -0.05) is 48.5 Å². The number of ketones is 1. The van der Waals surface area contributed by atoms with E-state index in [1.807, 2.05) is 24.3 Å². The number of carbonyl (C=O) groups excluding carboxylic acids is 1. The molecule has 20 heavy (non-hydrogen) atoms. The van der Waals surface area contributed by atoms with Crippen molar-refractivity contribution in [3.8, 4) is 5.75 Å². The number of rotatable bonds is 2. The van der Waals surface area contributed by atoms with Crippen LogP contribution in [0.25, 0.3) is 10.8 Å². The molecular formula is C17H13NO2. The lowest BCUT2D eigenvalue weighted by Crippen LogP contribution is -2.05. The third-order valence-corrected chi connectivity index (χ3v) is 3.34. The van der Waals surface area contributed by atoms with Crippen LogP contribution in [-0.2, 0) is 0 Å². The van der Waals surface area contributed by atoms with E-state index in [2.05, 4.69) is 0 Å². The van der Waals surface area contributed by atoms with Crippen molar-refractivity contribution in [2.75, 3.05) is 5.73 Å². The zero-order valence-electron chi connectivity index (χ0n) is 10.7. The molecule has 0 atom stereocenters. The van der Waals surface area contributed by atoms with Crippen LogP contribution in [0.4, 0.5) is 5.69 Å². The largest absolute Gasteiger partial charge is 0.507 e. The first-order valence-corrected chi connectivity index (χ1v) is 6.28. The zero-order chi connectivity index (χ0) is 14.1. The summed E-state index contributed by atoms with van der Waals surface area (Å²) in [7, 11) is 0. The Kier molecular flexibility index (Phi) is 2.88. The maximum absolute atomic E-state index is 12.5. The lowest BCUT2D eigenvalue weighted by molar-refractivity contribution is 0.103. The van der Waals surface area contributed by atoms with Gasteiger partial charge in [0.2, 0.25) is 0 Å². The van der Waals surface area contributed by atoms with Gasteiger partial charge in [-0.2, -0.15) is 0 Å². The van der Waals surface area contributed by atoms with Crippen LogP contribution in [-0.4, -0.2) is 10.9 Å². The van der Waals surface area contributed by atoms with Gasteiger partial charge < -0.3 is 10.8 Å². The number of phenols is 1. The number of anilines is 1. The molecule has 98 valence electrons. The second kappa shape index (κ2) is 4.70. The van der Waals surface area contributed by atoms with Gasteiger partial charge >= 0.3 is 0 Å². The van der Waals surface area contributed by atoms with Gasteiger partial charge in [0.25, 0.3) is 0 Å². The van der Waals surface area contributed by atoms with Crippen molar-refractivity contribution < 1.29 is 9.90 Å². The van der Waals surface area contributed by atoms with Gasteiger partial charge in [0.05, 0.1) is 5.69 Å². The standard InChI is InChI=1S/C17H13NO2/c18-16-13(17(20)12-5-2-1-3-6-12)10-9-11-7-4-8-14(19)15(11)16/h1-10,19H,18H2. The van der Waals surface area contributed by atoms with E-state index in [1.165, 1.54) is 0 Å². The highest BCUT2D eigenvalue weighted by atomic mass is 16.3. The first kappa shape index (κ1) is 12.2. The number of benzene rings is 3. The molecule has 3 aromatic rings. The van der Waals surface area contributed by atoms with E-state index < -0.39 is 0 Å². The number of aromatic hydroxyl groups is 1. The van der Waals surface area contributed by atoms with Gasteiger partial charge in [-0.05, 0) is 17.5 Å². The van der Waals surface area contributed by atoms with Crippen molar-refractivity contribution >= 4 is 22.2 Å². The minimum Gasteiger partial charge on any atom is -0.507 e. The second-order valence-electron chi connectivity index (χ2n) is 4.60. The molecule has 3 heteroatoms. The molecule has 0 unspecified atom stereocenters. The third-order valence-electron chi connectivity index (χ3n) is 3.34. The van der Waals surface area contributed by atoms with E-state index in [-0.39, 0.29) is 11.5 Å². The average molecular weight is 263 g/mol. The van der Waals surface area contributed by atoms with Crippen molar-refractivity contribution in [3.05, 3.63) is 71.8 Å². The Morgan fingerprint density at radius 2 is 1.65 bits per heavy atom. The Bertz CT molecular complexity index is 795. The molecule has 0 aromatic heterocycles. The predicted molar refractivity (Wildman–Crippen MR) is 79.9 cm³/mol. The van der Waals surface area contributed by atoms with E-state index >= 15 is 0 Å². The number of hydrogen-bond acceptors (Lipinski definition) is 3. The fraction of sp³-hybridized carbons (Fsp3) is 0. The van der Waals surface area contributed by atoms with E-state index in [0.29, 0.717) is 22.2 Å². The molecule has 0 radical (unpaired) electrons. The summed E-state index contributed by atoms with van der Waals surface area (Å²) in [6.45, 7) is 0. The summed E-state index contributed by atoms with van der Waals surface area (Å²) in [5.74, 6) is -0.0593. The quantitative estimate of drug-likeness (QED) is 0.550. The fourth-order valence-electron chi connectivity index (χ4n) is 2.33. The molecule has 0 aliphatic heterocycles. The summed E-state index contributed by atoms with van der Waals surface area (Å²) in [5.41, 5.74) is 7.38. The SMILES string of the molecule is Nc1c(C(=O)c2ccccc2)ccc2cccc(O)c12. The summed E-state index contributed by atoms with van der Waals surface area (Å²) in [6.07, 6.45) is 0. The lowest BCUT2D eigenvalue weighted by atomic mass is 9.97. The molecule has 3 nitrogen and oxygen atoms in total. The Morgan fingerprint density at radius 3 is 2.40 bits per heavy atom. The first-order valence-electron chi connectivity index (χ1n) is 6.28. The van der Waals surface area contributed by atoms with Gasteiger partial charge in [-0.3, -0.25) is 4.79 Å². The molecule has 0 heterocycles. The Morgan fingerprint density at radius 1 is 0.900 bits per heavy atom. The Balaban J connectivity index is 2.21. The van der Waals surface area contributed by atoms with Crippen LogP contribution in [0.2, 0.25) is 0 Å². The second-order valence-corrected chi connectivity index (χ2v) is 4.60. The maximum Gasteiger partial charge on any atom is 0.195 e. The molecule has 0 bridgehead atoms. The topological polar surface area (TPSA) is 63.3 Å². The van der Waals surface area contributed by atoms with Crippen LogP contribution in [0.3, 0.4) is 0 Å². The maximum atomic E-state index is 12.5. The van der Waals surface area contributed by atoms with Gasteiger partial charge in [0.1, 0.15) is 5.75 Å². The highest BCUT2D eigenvalue weighted by Crippen LogP contribution is 2.33. The van der Waals surface area contributed by atoms with Gasteiger partial charge in [0.15, 0.2) is 5.78 Å². The van der Waals surface area contributed by atoms with Crippen LogP contribution in [0.1, 0.15) is 15.9 Å². The molecule has 3 aromatic carbocycles. The van der Waals surface area contributed by atoms with Crippen LogP contribution in [0.15, 0.2) is 60.7 Å². The zero-order valence-corrected chi connectivity index (χ0v) is 10.7. The number of fused-ring (bicyclic) bond motifs is 1. The van der Waals surface area contributed by atoms with Crippen LogP contribution < -0.4 is 5.73 Å². The molecule has 0 saturated heterocycles. The van der Waals surface area contributed by atoms with Crippen molar-refractivity contribution in [1.29, 1.82) is 0 Å². The summed E-state index contributed by atoms with van der Waals surface area (Å²) in [4.78, 5) is 12.5. The normalized spacial score (nSPS) is 10.6. The molecule has 0 aliphatic carbocycles. The Labute approximate surface area is 116 Å². The van der Waals surface area contributed by atoms with E-state index in [4.69, 9.17) is 5.73 Å². The van der Waals surface area contributed by atoms with E-state index in [9.17, 15) is 9.90 Å². The van der Waals surface area contributed by atoms with Gasteiger partial charge in [0, 0.05) is 16.5 Å². The number of phenolic OH excluding ortho intramolecular Hbond substituents is 1. The fourth-order valence-corrected chi connectivity index (χ4v) is 2.33. The highest BCUT2D eigenvalue weighted by Gasteiger charge is 2.15. The Hall–Kier alpha value is -2.81. The van der Waals surface area contributed by atoms with E-state index in [1.54, 1.807) is 36.4 Å². The minimum atomic E-state index is -0.145. The summed E-state index contributed by atoms with van der Waals surface area (Å²) < 4.78 is 0. The molecule has 0 fully saturated rings. The van der Waals surface area contributed by atoms with Crippen LogP contribution in [0, 0.1) is 0 Å². The summed E-state index contributed by atoms with van der Waals surface area (Å²) in [5, 5.41) is 11.3. The van der Waals surface area contributed by atoms with Crippen LogP contribution in [0.5, 0.6) is 5.75 Å². The molecule has 0 amide bonds. The van der Waals surface area contributed by atoms with Crippen molar-refractivity contribution in [3.63, 3.8) is 0 Å². The summed E-state index contributed by atoms with van der Waals surface area (Å²) in [6, 6.07) is 17.6. The van der Waals surface area contributed by atoms with Crippen molar-refractivity contribution in [1.82, 2.24) is 0 Å². The van der Waals surface area contributed by atoms with Gasteiger partial charge in [-0.25, -0.2) is 0 Å². The smallest absolute Gasteiger partial charge is 0.195 e. The number of carbonyl (C=O) groups is 1. The predicted octanol–water partition coefficient (Wildman–Crippen LogP) is 3.36. The highest BCUT2D eigenvalue weighted by molar-refractivity contribution is 6.16. The third kappa shape index (κ3) is 1.89. The average Bonchev–Trinajstić information content (AvgIpc) is 2.48. The first-order chi connectivity index (χ1) is 9.68. The number of nitrogen functional groups attached to an aromatic ring is 1. The van der Waals surface area contributed by atoms with Gasteiger partial charge in [-0.15, -0.1) is 0 Å². The molecule has 0 saturated carbocycles. The van der Waals surface area contributed by atoms with Crippen LogP contribution >= 0.6 is 0 Å². The number of nitrogens with two attached hydrogens (primary N) is 1. The minimum absolute atomic E-state index is 0.0858. The molecule has 3 N–H and O–H groups in total. The molecule has 0 spiro atoms. The lowest BCUT2D eigenvalue weighted by Gasteiger charge is -2.09. The van der Waals surface area contributed by atoms with Crippen molar-refractivity contribution in [2.24, 2.45) is 0 Å².